The van der Waals surface area contributed by atoms with Gasteiger partial charge in [-0.25, -0.2) is 4.79 Å². The molecule has 0 aliphatic rings. The van der Waals surface area contributed by atoms with Crippen molar-refractivity contribution in [3.63, 3.8) is 0 Å². The third-order valence-electron chi connectivity index (χ3n) is 1.31. The summed E-state index contributed by atoms with van der Waals surface area (Å²) in [6, 6.07) is -0.862. The molecule has 66 valence electrons. The minimum absolute atomic E-state index is 0.392. The van der Waals surface area contributed by atoms with Crippen molar-refractivity contribution in [2.45, 2.75) is 25.8 Å². The lowest BCUT2D eigenvalue weighted by atomic mass is 10.2. The van der Waals surface area contributed by atoms with E-state index in [9.17, 15) is 9.59 Å². The standard InChI is InChI=1S/C8H11NO3/c1-3-5-6(8(11)12)9-7(10)4-2/h2,6H,3,5H2,1H3,(H,9,10)(H,11,12)/t6-/m0/s1. The van der Waals surface area contributed by atoms with Gasteiger partial charge in [0.1, 0.15) is 6.04 Å². The lowest BCUT2D eigenvalue weighted by Gasteiger charge is -2.10. The molecule has 0 radical (unpaired) electrons. The third kappa shape index (κ3) is 3.62. The first-order chi connectivity index (χ1) is 5.61. The van der Waals surface area contributed by atoms with E-state index < -0.39 is 17.9 Å². The highest BCUT2D eigenvalue weighted by molar-refractivity contribution is 5.95. The highest BCUT2D eigenvalue weighted by Crippen LogP contribution is 1.95. The molecule has 4 nitrogen and oxygen atoms in total. The minimum atomic E-state index is -1.06. The molecule has 12 heavy (non-hydrogen) atoms. The van der Waals surface area contributed by atoms with Gasteiger partial charge in [0, 0.05) is 0 Å². The molecule has 1 amide bonds. The zero-order chi connectivity index (χ0) is 9.56. The molecule has 0 aromatic heterocycles. The van der Waals surface area contributed by atoms with Crippen LogP contribution in [0.15, 0.2) is 0 Å². The van der Waals surface area contributed by atoms with Crippen LogP contribution in [0.25, 0.3) is 0 Å². The number of nitrogens with one attached hydrogen (secondary N) is 1. The molecule has 0 heterocycles. The van der Waals surface area contributed by atoms with Crippen molar-refractivity contribution in [2.75, 3.05) is 0 Å². The maximum absolute atomic E-state index is 10.6. The first-order valence-electron chi connectivity index (χ1n) is 3.61. The molecule has 0 spiro atoms. The van der Waals surface area contributed by atoms with Gasteiger partial charge < -0.3 is 10.4 Å². The van der Waals surface area contributed by atoms with E-state index in [4.69, 9.17) is 11.5 Å². The van der Waals surface area contributed by atoms with E-state index >= 15 is 0 Å². The number of hydrogen-bond donors (Lipinski definition) is 2. The van der Waals surface area contributed by atoms with Crippen LogP contribution in [0, 0.1) is 12.3 Å². The van der Waals surface area contributed by atoms with Crippen molar-refractivity contribution >= 4 is 11.9 Å². The molecule has 0 bridgehead atoms. The van der Waals surface area contributed by atoms with Crippen molar-refractivity contribution in [3.8, 4) is 12.3 Å². The molecule has 0 fully saturated rings. The molecule has 2 N–H and O–H groups in total. The van der Waals surface area contributed by atoms with Gasteiger partial charge in [0.15, 0.2) is 0 Å². The van der Waals surface area contributed by atoms with Crippen LogP contribution in [0.2, 0.25) is 0 Å². The summed E-state index contributed by atoms with van der Waals surface area (Å²) in [5.74, 6) is 0.0558. The average molecular weight is 169 g/mol. The zero-order valence-corrected chi connectivity index (χ0v) is 6.83. The largest absolute Gasteiger partial charge is 0.480 e. The van der Waals surface area contributed by atoms with Crippen molar-refractivity contribution in [2.24, 2.45) is 0 Å². The molecule has 0 aromatic carbocycles. The zero-order valence-electron chi connectivity index (χ0n) is 6.83. The number of terminal acetylenes is 1. The fraction of sp³-hybridized carbons (Fsp3) is 0.500. The Hall–Kier alpha value is -1.50. The van der Waals surface area contributed by atoms with E-state index in [1.165, 1.54) is 0 Å². The van der Waals surface area contributed by atoms with E-state index in [2.05, 4.69) is 5.32 Å². The average Bonchev–Trinajstić information content (AvgIpc) is 2.03. The lowest BCUT2D eigenvalue weighted by Crippen LogP contribution is -2.39. The summed E-state index contributed by atoms with van der Waals surface area (Å²) >= 11 is 0. The van der Waals surface area contributed by atoms with Gasteiger partial charge in [0.05, 0.1) is 0 Å². The maximum Gasteiger partial charge on any atom is 0.326 e. The summed E-state index contributed by atoms with van der Waals surface area (Å²) in [4.78, 5) is 21.0. The Labute approximate surface area is 71.0 Å². The fourth-order valence-corrected chi connectivity index (χ4v) is 0.746. The van der Waals surface area contributed by atoms with E-state index in [1.807, 2.05) is 6.92 Å². The molecule has 0 rings (SSSR count). The Morgan fingerprint density at radius 3 is 2.58 bits per heavy atom. The van der Waals surface area contributed by atoms with Gasteiger partial charge in [0.2, 0.25) is 0 Å². The quantitative estimate of drug-likeness (QED) is 0.581. The van der Waals surface area contributed by atoms with Crippen LogP contribution in [0.4, 0.5) is 0 Å². The number of aliphatic carboxylic acids is 1. The fourth-order valence-electron chi connectivity index (χ4n) is 0.746. The van der Waals surface area contributed by atoms with Gasteiger partial charge in [-0.15, -0.1) is 6.42 Å². The van der Waals surface area contributed by atoms with Crippen LogP contribution in [0.1, 0.15) is 19.8 Å². The normalized spacial score (nSPS) is 11.3. The Morgan fingerprint density at radius 2 is 2.25 bits per heavy atom. The number of amides is 1. The Kier molecular flexibility index (Phi) is 4.54. The summed E-state index contributed by atoms with van der Waals surface area (Å²) in [6.45, 7) is 1.83. The SMILES string of the molecule is C#CC(=O)N[C@@H](CCC)C(=O)O. The van der Waals surface area contributed by atoms with Crippen molar-refractivity contribution < 1.29 is 14.7 Å². The summed E-state index contributed by atoms with van der Waals surface area (Å²) < 4.78 is 0. The predicted octanol–water partition coefficient (Wildman–Crippen LogP) is -0.0109. The monoisotopic (exact) mass is 169 g/mol. The molecular weight excluding hydrogens is 158 g/mol. The number of carbonyl (C=O) groups is 2. The Balaban J connectivity index is 4.06. The highest BCUT2D eigenvalue weighted by Gasteiger charge is 2.17. The first-order valence-corrected chi connectivity index (χ1v) is 3.61. The van der Waals surface area contributed by atoms with E-state index in [-0.39, 0.29) is 0 Å². The Bertz CT molecular complexity index is 217. The van der Waals surface area contributed by atoms with Crippen LogP contribution in [0.5, 0.6) is 0 Å². The third-order valence-corrected chi connectivity index (χ3v) is 1.31. The molecule has 0 unspecified atom stereocenters. The Morgan fingerprint density at radius 1 is 1.67 bits per heavy atom. The summed E-state index contributed by atoms with van der Waals surface area (Å²) in [6.07, 6.45) is 5.84. The van der Waals surface area contributed by atoms with Crippen LogP contribution >= 0.6 is 0 Å². The predicted molar refractivity (Wildman–Crippen MR) is 43.3 cm³/mol. The smallest absolute Gasteiger partial charge is 0.326 e. The van der Waals surface area contributed by atoms with Gasteiger partial charge in [-0.05, 0) is 12.3 Å². The maximum atomic E-state index is 10.6. The highest BCUT2D eigenvalue weighted by atomic mass is 16.4. The number of carboxylic acids is 1. The molecule has 4 heteroatoms. The molecular formula is C8H11NO3. The first kappa shape index (κ1) is 10.5. The topological polar surface area (TPSA) is 66.4 Å². The summed E-state index contributed by atoms with van der Waals surface area (Å²) in [5, 5.41) is 10.8. The lowest BCUT2D eigenvalue weighted by molar-refractivity contribution is -0.141. The van der Waals surface area contributed by atoms with Gasteiger partial charge >= 0.3 is 5.97 Å². The van der Waals surface area contributed by atoms with Crippen molar-refractivity contribution in [1.82, 2.24) is 5.32 Å². The number of carboxylic acid groups (broad SMARTS) is 1. The summed E-state index contributed by atoms with van der Waals surface area (Å²) in [7, 11) is 0. The molecule has 1 atom stereocenters. The van der Waals surface area contributed by atoms with Gasteiger partial charge in [-0.1, -0.05) is 13.3 Å². The number of carbonyl (C=O) groups excluding carboxylic acids is 1. The molecule has 0 aliphatic heterocycles. The molecule has 0 saturated heterocycles. The van der Waals surface area contributed by atoms with Crippen LogP contribution in [-0.4, -0.2) is 23.0 Å². The second-order valence-electron chi connectivity index (χ2n) is 2.30. The van der Waals surface area contributed by atoms with E-state index in [0.29, 0.717) is 12.8 Å². The number of hydrogen-bond acceptors (Lipinski definition) is 2. The van der Waals surface area contributed by atoms with Crippen LogP contribution < -0.4 is 5.32 Å². The molecule has 0 aromatic rings. The second kappa shape index (κ2) is 5.19. The van der Waals surface area contributed by atoms with Gasteiger partial charge in [0.25, 0.3) is 5.91 Å². The summed E-state index contributed by atoms with van der Waals surface area (Å²) in [5.41, 5.74) is 0. The second-order valence-corrected chi connectivity index (χ2v) is 2.30. The minimum Gasteiger partial charge on any atom is -0.480 e. The molecule has 0 saturated carbocycles. The van der Waals surface area contributed by atoms with Gasteiger partial charge in [-0.2, -0.15) is 0 Å². The van der Waals surface area contributed by atoms with E-state index in [0.717, 1.165) is 0 Å². The van der Waals surface area contributed by atoms with Crippen molar-refractivity contribution in [3.05, 3.63) is 0 Å². The molecule has 0 aliphatic carbocycles. The van der Waals surface area contributed by atoms with Crippen LogP contribution in [-0.2, 0) is 9.59 Å². The van der Waals surface area contributed by atoms with E-state index in [1.54, 1.807) is 5.92 Å². The van der Waals surface area contributed by atoms with Crippen molar-refractivity contribution in [1.29, 1.82) is 0 Å². The number of rotatable bonds is 4. The van der Waals surface area contributed by atoms with Gasteiger partial charge in [-0.3, -0.25) is 4.79 Å². The van der Waals surface area contributed by atoms with Crippen LogP contribution in [0.3, 0.4) is 0 Å².